The summed E-state index contributed by atoms with van der Waals surface area (Å²) in [5.74, 6) is -0.146. The molecule has 5 nitrogen and oxygen atoms in total. The molecule has 2 aliphatic rings. The highest BCUT2D eigenvalue weighted by Crippen LogP contribution is 2.32. The van der Waals surface area contributed by atoms with Crippen molar-refractivity contribution < 1.29 is 24.1 Å². The summed E-state index contributed by atoms with van der Waals surface area (Å²) in [6.45, 7) is 1.87. The monoisotopic (exact) mass is 332 g/mol. The Morgan fingerprint density at radius 1 is 1.25 bits per heavy atom. The van der Waals surface area contributed by atoms with Gasteiger partial charge in [-0.2, -0.15) is 0 Å². The minimum Gasteiger partial charge on any atom is -0.507 e. The van der Waals surface area contributed by atoms with Crippen LogP contribution in [0.1, 0.15) is 54.9 Å². The van der Waals surface area contributed by atoms with Crippen molar-refractivity contribution in [2.24, 2.45) is 0 Å². The first-order valence-corrected chi connectivity index (χ1v) is 8.50. The van der Waals surface area contributed by atoms with Gasteiger partial charge in [0.05, 0.1) is 19.3 Å². The van der Waals surface area contributed by atoms with Gasteiger partial charge in [-0.3, -0.25) is 0 Å². The van der Waals surface area contributed by atoms with E-state index in [9.17, 15) is 9.90 Å². The zero-order valence-corrected chi connectivity index (χ0v) is 14.2. The molecule has 5 heteroatoms. The summed E-state index contributed by atoms with van der Waals surface area (Å²) in [6, 6.07) is 3.16. The number of carbonyl (C=O) groups excluding carboxylic acids is 1. The van der Waals surface area contributed by atoms with Gasteiger partial charge in [0.15, 0.2) is 0 Å². The summed E-state index contributed by atoms with van der Waals surface area (Å²) in [4.78, 5) is 12.5. The maximum atomic E-state index is 12.5. The zero-order chi connectivity index (χ0) is 17.1. The molecule has 2 unspecified atom stereocenters. The molecule has 3 atom stereocenters. The van der Waals surface area contributed by atoms with Crippen LogP contribution in [0.25, 0.3) is 6.08 Å². The molecule has 1 aromatic carbocycles. The predicted molar refractivity (Wildman–Crippen MR) is 90.3 cm³/mol. The number of rotatable bonds is 1. The first kappa shape index (κ1) is 16.8. The summed E-state index contributed by atoms with van der Waals surface area (Å²) in [6.07, 6.45) is 8.53. The van der Waals surface area contributed by atoms with Gasteiger partial charge in [0.1, 0.15) is 23.2 Å². The van der Waals surface area contributed by atoms with Crippen LogP contribution in [-0.2, 0) is 9.47 Å². The van der Waals surface area contributed by atoms with Crippen molar-refractivity contribution >= 4 is 12.0 Å². The molecule has 24 heavy (non-hydrogen) atoms. The van der Waals surface area contributed by atoms with Crippen LogP contribution in [0.5, 0.6) is 11.5 Å². The van der Waals surface area contributed by atoms with Crippen LogP contribution < -0.4 is 4.74 Å². The molecule has 2 heterocycles. The van der Waals surface area contributed by atoms with E-state index in [-0.39, 0.29) is 29.6 Å². The zero-order valence-electron chi connectivity index (χ0n) is 14.2. The summed E-state index contributed by atoms with van der Waals surface area (Å²) < 4.78 is 16.8. The Hall–Kier alpha value is -2.01. The lowest BCUT2D eigenvalue weighted by molar-refractivity contribution is -0.0675. The third-order valence-electron chi connectivity index (χ3n) is 4.60. The van der Waals surface area contributed by atoms with Gasteiger partial charge >= 0.3 is 5.97 Å². The van der Waals surface area contributed by atoms with Crippen LogP contribution in [0.2, 0.25) is 0 Å². The second kappa shape index (κ2) is 7.26. The van der Waals surface area contributed by atoms with E-state index in [1.807, 2.05) is 19.1 Å². The number of methoxy groups -OCH3 is 1. The minimum absolute atomic E-state index is 0.125. The second-order valence-corrected chi connectivity index (χ2v) is 6.51. The number of esters is 1. The number of cyclic esters (lactones) is 1. The molecule has 0 radical (unpaired) electrons. The molecule has 2 bridgehead atoms. The first-order valence-electron chi connectivity index (χ1n) is 8.50. The molecule has 0 amide bonds. The van der Waals surface area contributed by atoms with E-state index in [2.05, 4.69) is 0 Å². The average molecular weight is 332 g/mol. The fraction of sp³-hybridized carbons (Fsp3) is 0.526. The highest BCUT2D eigenvalue weighted by Gasteiger charge is 2.27. The average Bonchev–Trinajstić information content (AvgIpc) is 2.53. The highest BCUT2D eigenvalue weighted by molar-refractivity contribution is 5.97. The Morgan fingerprint density at radius 3 is 2.83 bits per heavy atom. The number of phenols is 1. The first-order chi connectivity index (χ1) is 11.6. The molecule has 0 spiro atoms. The number of carbonyl (C=O) groups is 1. The summed E-state index contributed by atoms with van der Waals surface area (Å²) >= 11 is 0. The summed E-state index contributed by atoms with van der Waals surface area (Å²) in [7, 11) is 1.52. The molecule has 0 saturated carbocycles. The number of hydrogen-bond donors (Lipinski definition) is 1. The number of aromatic hydroxyl groups is 1. The van der Waals surface area contributed by atoms with Gasteiger partial charge < -0.3 is 19.3 Å². The van der Waals surface area contributed by atoms with Crippen LogP contribution in [0.4, 0.5) is 0 Å². The number of phenolic OH excluding ortho intramolecular Hbond substituents is 1. The van der Waals surface area contributed by atoms with Gasteiger partial charge in [-0.1, -0.05) is 12.2 Å². The van der Waals surface area contributed by atoms with Crippen molar-refractivity contribution in [3.05, 3.63) is 29.3 Å². The molecule has 1 N–H and O–H groups in total. The van der Waals surface area contributed by atoms with Crippen molar-refractivity contribution in [3.8, 4) is 11.5 Å². The van der Waals surface area contributed by atoms with Crippen molar-refractivity contribution in [3.63, 3.8) is 0 Å². The van der Waals surface area contributed by atoms with E-state index in [0.717, 1.165) is 25.7 Å². The van der Waals surface area contributed by atoms with E-state index in [0.29, 0.717) is 17.7 Å². The molecular weight excluding hydrogens is 308 g/mol. The predicted octanol–water partition coefficient (Wildman–Crippen LogP) is 3.69. The molecule has 130 valence electrons. The maximum Gasteiger partial charge on any atom is 0.342 e. The fourth-order valence-electron chi connectivity index (χ4n) is 3.43. The number of hydrogen-bond acceptors (Lipinski definition) is 5. The molecule has 1 saturated heterocycles. The van der Waals surface area contributed by atoms with Gasteiger partial charge in [-0.05, 0) is 44.2 Å². The third kappa shape index (κ3) is 3.73. The van der Waals surface area contributed by atoms with Crippen LogP contribution >= 0.6 is 0 Å². The number of fused-ring (bicyclic) bond motifs is 3. The smallest absolute Gasteiger partial charge is 0.342 e. The Balaban J connectivity index is 1.97. The van der Waals surface area contributed by atoms with Crippen LogP contribution in [-0.4, -0.2) is 36.5 Å². The lowest BCUT2D eigenvalue weighted by Gasteiger charge is -2.31. The standard InChI is InChI=1S/C19H24O5/c1-12-9-15-8-4-7-14(24-15)6-3-5-13-10-16(22-2)11-17(20)18(13)19(21)23-12/h3,5,10-12,14-15,20H,4,6-9H2,1-2H3/b5-3+/t12-,14?,15?/m0/s1. The Kier molecular flexibility index (Phi) is 5.09. The van der Waals surface area contributed by atoms with Crippen LogP contribution in [0.3, 0.4) is 0 Å². The SMILES string of the molecule is COc1cc(O)c2c(c1)/C=C/CC1CCCC(C[C@H](C)OC2=O)O1. The topological polar surface area (TPSA) is 65.0 Å². The maximum absolute atomic E-state index is 12.5. The Bertz CT molecular complexity index is 637. The van der Waals surface area contributed by atoms with Gasteiger partial charge in [0.25, 0.3) is 0 Å². The third-order valence-corrected chi connectivity index (χ3v) is 4.60. The highest BCUT2D eigenvalue weighted by atomic mass is 16.5. The molecule has 3 rings (SSSR count). The Morgan fingerprint density at radius 2 is 2.04 bits per heavy atom. The van der Waals surface area contributed by atoms with Gasteiger partial charge in [-0.15, -0.1) is 0 Å². The minimum atomic E-state index is -0.518. The summed E-state index contributed by atoms with van der Waals surface area (Å²) in [5, 5.41) is 10.3. The molecule has 1 fully saturated rings. The molecule has 0 aromatic heterocycles. The second-order valence-electron chi connectivity index (χ2n) is 6.51. The Labute approximate surface area is 142 Å². The quantitative estimate of drug-likeness (QED) is 0.795. The van der Waals surface area contributed by atoms with E-state index in [1.54, 1.807) is 6.07 Å². The molecule has 2 aliphatic heterocycles. The van der Waals surface area contributed by atoms with Crippen molar-refractivity contribution in [1.82, 2.24) is 0 Å². The largest absolute Gasteiger partial charge is 0.507 e. The lowest BCUT2D eigenvalue weighted by Crippen LogP contribution is -2.31. The number of ether oxygens (including phenoxy) is 3. The molecule has 0 aliphatic carbocycles. The van der Waals surface area contributed by atoms with Crippen molar-refractivity contribution in [2.45, 2.75) is 57.3 Å². The fourth-order valence-corrected chi connectivity index (χ4v) is 3.43. The molecular formula is C19H24O5. The van der Waals surface area contributed by atoms with Gasteiger partial charge in [0, 0.05) is 12.5 Å². The van der Waals surface area contributed by atoms with Gasteiger partial charge in [-0.25, -0.2) is 4.79 Å². The van der Waals surface area contributed by atoms with Crippen molar-refractivity contribution in [2.75, 3.05) is 7.11 Å². The van der Waals surface area contributed by atoms with Gasteiger partial charge in [0.2, 0.25) is 0 Å². The molecule has 1 aromatic rings. The van der Waals surface area contributed by atoms with E-state index < -0.39 is 5.97 Å². The van der Waals surface area contributed by atoms with E-state index >= 15 is 0 Å². The van der Waals surface area contributed by atoms with Crippen molar-refractivity contribution in [1.29, 1.82) is 0 Å². The van der Waals surface area contributed by atoms with Crippen LogP contribution in [0.15, 0.2) is 18.2 Å². The number of benzene rings is 1. The van der Waals surface area contributed by atoms with E-state index in [4.69, 9.17) is 14.2 Å². The van der Waals surface area contributed by atoms with E-state index in [1.165, 1.54) is 13.2 Å². The summed E-state index contributed by atoms with van der Waals surface area (Å²) in [5.41, 5.74) is 0.780. The van der Waals surface area contributed by atoms with Crippen LogP contribution in [0, 0.1) is 0 Å². The normalized spacial score (nSPS) is 28.8. The lowest BCUT2D eigenvalue weighted by atomic mass is 9.97.